The Bertz CT molecular complexity index is 1390. The van der Waals surface area contributed by atoms with Gasteiger partial charge in [-0.2, -0.15) is 5.10 Å². The molecule has 0 unspecified atom stereocenters. The number of hydrogen-bond donors (Lipinski definition) is 1. The maximum Gasteiger partial charge on any atom is 0.262 e. The monoisotopic (exact) mass is 435 g/mol. The quantitative estimate of drug-likeness (QED) is 0.317. The van der Waals surface area contributed by atoms with Crippen LogP contribution in [0.25, 0.3) is 28.0 Å². The molecule has 0 fully saturated rings. The molecular weight excluding hydrogens is 422 g/mol. The fraction of sp³-hybridized carbons (Fsp3) is 0.0476. The molecule has 0 atom stereocenters. The molecule has 5 rings (SSSR count). The van der Waals surface area contributed by atoms with Crippen LogP contribution in [0.15, 0.2) is 81.4 Å². The summed E-state index contributed by atoms with van der Waals surface area (Å²) in [6.45, 7) is 0. The summed E-state index contributed by atoms with van der Waals surface area (Å²) in [5, 5.41) is 5.74. The number of aromatic nitrogens is 5. The number of fused-ring (bicyclic) bond motifs is 1. The SMILES string of the molecule is O=c1[nH]c(SCc2ncc(-c3ccccc3)o2)nc2c1cnn2-c1cccc(Cl)c1. The fourth-order valence-corrected chi connectivity index (χ4v) is 3.90. The van der Waals surface area contributed by atoms with Crippen molar-refractivity contribution in [2.75, 3.05) is 0 Å². The number of rotatable bonds is 5. The third-order valence-corrected chi connectivity index (χ3v) is 5.51. The van der Waals surface area contributed by atoms with Gasteiger partial charge in [-0.25, -0.2) is 14.6 Å². The summed E-state index contributed by atoms with van der Waals surface area (Å²) in [7, 11) is 0. The van der Waals surface area contributed by atoms with Crippen molar-refractivity contribution in [3.05, 3.63) is 88.3 Å². The number of aromatic amines is 1. The lowest BCUT2D eigenvalue weighted by atomic mass is 10.2. The van der Waals surface area contributed by atoms with Gasteiger partial charge in [0.25, 0.3) is 5.56 Å². The van der Waals surface area contributed by atoms with Crippen LogP contribution >= 0.6 is 23.4 Å². The number of oxazole rings is 1. The fourth-order valence-electron chi connectivity index (χ4n) is 3.01. The van der Waals surface area contributed by atoms with Crippen molar-refractivity contribution in [2.24, 2.45) is 0 Å². The highest BCUT2D eigenvalue weighted by Gasteiger charge is 2.13. The zero-order valence-electron chi connectivity index (χ0n) is 15.4. The van der Waals surface area contributed by atoms with E-state index in [1.165, 1.54) is 18.0 Å². The van der Waals surface area contributed by atoms with Crippen LogP contribution < -0.4 is 5.56 Å². The van der Waals surface area contributed by atoms with Gasteiger partial charge in [-0.1, -0.05) is 59.8 Å². The Labute approximate surface area is 179 Å². The molecule has 148 valence electrons. The van der Waals surface area contributed by atoms with E-state index < -0.39 is 0 Å². The molecule has 0 amide bonds. The molecule has 0 radical (unpaired) electrons. The molecule has 0 bridgehead atoms. The van der Waals surface area contributed by atoms with E-state index in [4.69, 9.17) is 16.0 Å². The van der Waals surface area contributed by atoms with Crippen LogP contribution in [0.1, 0.15) is 5.89 Å². The predicted octanol–water partition coefficient (Wildman–Crippen LogP) is 4.71. The highest BCUT2D eigenvalue weighted by atomic mass is 35.5. The molecule has 5 aromatic rings. The smallest absolute Gasteiger partial charge is 0.262 e. The minimum absolute atomic E-state index is 0.256. The van der Waals surface area contributed by atoms with Crippen LogP contribution in [0.4, 0.5) is 0 Å². The highest BCUT2D eigenvalue weighted by molar-refractivity contribution is 7.98. The van der Waals surface area contributed by atoms with E-state index in [9.17, 15) is 4.79 Å². The second-order valence-electron chi connectivity index (χ2n) is 6.42. The topological polar surface area (TPSA) is 89.6 Å². The molecule has 0 saturated heterocycles. The Morgan fingerprint density at radius 3 is 2.80 bits per heavy atom. The van der Waals surface area contributed by atoms with Crippen LogP contribution in [0.2, 0.25) is 5.02 Å². The number of H-pyrrole nitrogens is 1. The third kappa shape index (κ3) is 3.62. The van der Waals surface area contributed by atoms with E-state index in [-0.39, 0.29) is 5.56 Å². The van der Waals surface area contributed by atoms with Crippen LogP contribution in [0, 0.1) is 0 Å². The van der Waals surface area contributed by atoms with Gasteiger partial charge in [0.2, 0.25) is 5.89 Å². The van der Waals surface area contributed by atoms with Crippen LogP contribution in [-0.4, -0.2) is 24.7 Å². The first kappa shape index (κ1) is 18.7. The zero-order chi connectivity index (χ0) is 20.5. The average Bonchev–Trinajstić information content (AvgIpc) is 3.40. The van der Waals surface area contributed by atoms with Crippen molar-refractivity contribution in [3.8, 4) is 17.0 Å². The first-order valence-corrected chi connectivity index (χ1v) is 10.4. The third-order valence-electron chi connectivity index (χ3n) is 4.41. The van der Waals surface area contributed by atoms with Crippen molar-refractivity contribution in [3.63, 3.8) is 0 Å². The second kappa shape index (κ2) is 7.81. The molecule has 3 heterocycles. The first-order chi connectivity index (χ1) is 14.7. The summed E-state index contributed by atoms with van der Waals surface area (Å²) in [5.41, 5.74) is 1.89. The highest BCUT2D eigenvalue weighted by Crippen LogP contribution is 2.25. The van der Waals surface area contributed by atoms with Crippen molar-refractivity contribution in [1.29, 1.82) is 0 Å². The van der Waals surface area contributed by atoms with E-state index in [1.807, 2.05) is 42.5 Å². The minimum Gasteiger partial charge on any atom is -0.440 e. The average molecular weight is 436 g/mol. The van der Waals surface area contributed by atoms with Gasteiger partial charge in [-0.05, 0) is 18.2 Å². The number of benzene rings is 2. The number of nitrogens with zero attached hydrogens (tertiary/aromatic N) is 4. The number of halogens is 1. The van der Waals surface area contributed by atoms with Gasteiger partial charge in [-0.3, -0.25) is 4.79 Å². The normalized spacial score (nSPS) is 11.2. The second-order valence-corrected chi connectivity index (χ2v) is 7.82. The van der Waals surface area contributed by atoms with Gasteiger partial charge in [0.1, 0.15) is 5.39 Å². The number of hydrogen-bond acceptors (Lipinski definition) is 6. The zero-order valence-corrected chi connectivity index (χ0v) is 17.0. The van der Waals surface area contributed by atoms with E-state index in [0.29, 0.717) is 38.6 Å². The van der Waals surface area contributed by atoms with E-state index in [1.54, 1.807) is 23.0 Å². The molecule has 1 N–H and O–H groups in total. The summed E-state index contributed by atoms with van der Waals surface area (Å²) in [4.78, 5) is 24.2. The summed E-state index contributed by atoms with van der Waals surface area (Å²) >= 11 is 7.42. The standard InChI is InChI=1S/C21H14ClN5O2S/c22-14-7-4-8-15(9-14)27-19-16(10-24-27)20(28)26-21(25-19)30-12-18-23-11-17(29-18)13-5-2-1-3-6-13/h1-11H,12H2,(H,25,26,28). The Balaban J connectivity index is 1.42. The van der Waals surface area contributed by atoms with Gasteiger partial charge in [0, 0.05) is 10.6 Å². The molecule has 0 spiro atoms. The Hall–Kier alpha value is -3.36. The Morgan fingerprint density at radius 2 is 1.97 bits per heavy atom. The molecule has 2 aromatic carbocycles. The molecule has 3 aromatic heterocycles. The van der Waals surface area contributed by atoms with E-state index >= 15 is 0 Å². The summed E-state index contributed by atoms with van der Waals surface area (Å²) in [5.74, 6) is 1.67. The Morgan fingerprint density at radius 1 is 1.10 bits per heavy atom. The molecule has 30 heavy (non-hydrogen) atoms. The van der Waals surface area contributed by atoms with Gasteiger partial charge in [-0.15, -0.1) is 0 Å². The van der Waals surface area contributed by atoms with Gasteiger partial charge in [0.05, 0.1) is 23.8 Å². The van der Waals surface area contributed by atoms with Crippen molar-refractivity contribution in [1.82, 2.24) is 24.7 Å². The molecule has 7 nitrogen and oxygen atoms in total. The molecule has 0 aliphatic carbocycles. The van der Waals surface area contributed by atoms with E-state index in [0.717, 1.165) is 11.3 Å². The lowest BCUT2D eigenvalue weighted by molar-refractivity contribution is 0.530. The maximum absolute atomic E-state index is 12.5. The predicted molar refractivity (Wildman–Crippen MR) is 116 cm³/mol. The summed E-state index contributed by atoms with van der Waals surface area (Å²) in [6.07, 6.45) is 3.19. The van der Waals surface area contributed by atoms with Gasteiger partial charge >= 0.3 is 0 Å². The summed E-state index contributed by atoms with van der Waals surface area (Å²) < 4.78 is 7.41. The molecular formula is C21H14ClN5O2S. The van der Waals surface area contributed by atoms with E-state index in [2.05, 4.69) is 20.1 Å². The first-order valence-electron chi connectivity index (χ1n) is 9.04. The molecule has 0 saturated carbocycles. The number of thioether (sulfide) groups is 1. The molecule has 0 aliphatic rings. The number of nitrogens with one attached hydrogen (secondary N) is 1. The molecule has 9 heteroatoms. The lowest BCUT2D eigenvalue weighted by Gasteiger charge is -2.04. The van der Waals surface area contributed by atoms with Gasteiger partial charge in [0.15, 0.2) is 16.6 Å². The maximum atomic E-state index is 12.5. The van der Waals surface area contributed by atoms with Crippen molar-refractivity contribution < 1.29 is 4.42 Å². The van der Waals surface area contributed by atoms with Crippen LogP contribution in [-0.2, 0) is 5.75 Å². The van der Waals surface area contributed by atoms with Gasteiger partial charge < -0.3 is 9.40 Å². The largest absolute Gasteiger partial charge is 0.440 e. The Kier molecular flexibility index (Phi) is 4.86. The van der Waals surface area contributed by atoms with Crippen LogP contribution in [0.3, 0.4) is 0 Å². The van der Waals surface area contributed by atoms with Crippen molar-refractivity contribution in [2.45, 2.75) is 10.9 Å². The van der Waals surface area contributed by atoms with Crippen molar-refractivity contribution >= 4 is 34.4 Å². The summed E-state index contributed by atoms with van der Waals surface area (Å²) in [6, 6.07) is 17.0. The molecule has 0 aliphatic heterocycles. The minimum atomic E-state index is -0.256. The van der Waals surface area contributed by atoms with Crippen LogP contribution in [0.5, 0.6) is 0 Å². The lowest BCUT2D eigenvalue weighted by Crippen LogP contribution is -2.09.